The highest BCUT2D eigenvalue weighted by molar-refractivity contribution is 7.91. The monoisotopic (exact) mass is 266 g/mol. The van der Waals surface area contributed by atoms with Gasteiger partial charge in [0.05, 0.1) is 12.4 Å². The van der Waals surface area contributed by atoms with E-state index in [2.05, 4.69) is 10.1 Å². The lowest BCUT2D eigenvalue weighted by molar-refractivity contribution is -0.147. The van der Waals surface area contributed by atoms with Crippen molar-refractivity contribution >= 4 is 21.7 Å². The number of hydrogen-bond donors (Lipinski definition) is 2. The van der Waals surface area contributed by atoms with E-state index in [4.69, 9.17) is 5.73 Å². The molecule has 0 aliphatic carbocycles. The average Bonchev–Trinajstić information content (AvgIpc) is 2.28. The van der Waals surface area contributed by atoms with Gasteiger partial charge in [-0.2, -0.15) is 0 Å². The molecule has 0 radical (unpaired) electrons. The van der Waals surface area contributed by atoms with Gasteiger partial charge in [0.1, 0.15) is 0 Å². The molecule has 0 aromatic carbocycles. The summed E-state index contributed by atoms with van der Waals surface area (Å²) < 4.78 is 26.8. The number of hydrogen-bond acceptors (Lipinski definition) is 6. The van der Waals surface area contributed by atoms with E-state index in [-0.39, 0.29) is 24.7 Å². The molecule has 3 N–H and O–H groups in total. The molecule has 100 valence electrons. The summed E-state index contributed by atoms with van der Waals surface area (Å²) in [5.41, 5.74) is 5.29. The van der Waals surface area contributed by atoms with Crippen molar-refractivity contribution in [2.45, 2.75) is 19.9 Å². The van der Waals surface area contributed by atoms with E-state index in [0.717, 1.165) is 0 Å². The second kappa shape index (κ2) is 7.23. The maximum atomic E-state index is 11.3. The molecule has 1 atom stereocenters. The van der Waals surface area contributed by atoms with Crippen LogP contribution in [0.5, 0.6) is 0 Å². The van der Waals surface area contributed by atoms with Crippen molar-refractivity contribution in [1.29, 1.82) is 0 Å². The highest BCUT2D eigenvalue weighted by Gasteiger charge is 2.23. The summed E-state index contributed by atoms with van der Waals surface area (Å²) in [5, 5.41) is 2.27. The van der Waals surface area contributed by atoms with Gasteiger partial charge in [-0.15, -0.1) is 0 Å². The highest BCUT2D eigenvalue weighted by Crippen LogP contribution is 1.89. The summed E-state index contributed by atoms with van der Waals surface area (Å²) >= 11 is 0. The Bertz CT molecular complexity index is 366. The Morgan fingerprint density at radius 2 is 1.94 bits per heavy atom. The Kier molecular flexibility index (Phi) is 6.74. The Labute approximate surface area is 101 Å². The zero-order chi connectivity index (χ0) is 13.5. The number of sulfone groups is 1. The molecule has 0 aliphatic rings. The van der Waals surface area contributed by atoms with Gasteiger partial charge < -0.3 is 15.8 Å². The molecule has 8 heteroatoms. The molecule has 1 amide bonds. The molecule has 0 aromatic heterocycles. The van der Waals surface area contributed by atoms with Crippen LogP contribution in [0.4, 0.5) is 0 Å². The molecule has 0 rings (SSSR count). The second-order valence-corrected chi connectivity index (χ2v) is 5.73. The largest absolute Gasteiger partial charge is 0.464 e. The highest BCUT2D eigenvalue weighted by atomic mass is 32.2. The van der Waals surface area contributed by atoms with Crippen molar-refractivity contribution in [3.05, 3.63) is 0 Å². The van der Waals surface area contributed by atoms with Crippen LogP contribution >= 0.6 is 0 Å². The summed E-state index contributed by atoms with van der Waals surface area (Å²) in [5.74, 6) is -1.74. The normalized spacial score (nSPS) is 12.9. The molecule has 0 bridgehead atoms. The predicted octanol–water partition coefficient (Wildman–Crippen LogP) is -1.57. The molecule has 0 heterocycles. The van der Waals surface area contributed by atoms with E-state index in [1.54, 1.807) is 6.92 Å². The fraction of sp³-hybridized carbons (Fsp3) is 0.778. The first kappa shape index (κ1) is 15.9. The zero-order valence-electron chi connectivity index (χ0n) is 9.93. The molecule has 0 saturated carbocycles. The van der Waals surface area contributed by atoms with Crippen molar-refractivity contribution in [2.75, 3.05) is 24.7 Å². The van der Waals surface area contributed by atoms with Gasteiger partial charge in [-0.25, -0.2) is 13.2 Å². The van der Waals surface area contributed by atoms with Gasteiger partial charge in [0.15, 0.2) is 15.9 Å². The molecule has 0 aromatic rings. The lowest BCUT2D eigenvalue weighted by atomic mass is 10.3. The van der Waals surface area contributed by atoms with Crippen LogP contribution in [0, 0.1) is 0 Å². The smallest absolute Gasteiger partial charge is 0.332 e. The van der Waals surface area contributed by atoms with Gasteiger partial charge in [-0.3, -0.25) is 4.79 Å². The summed E-state index contributed by atoms with van der Waals surface area (Å²) in [6, 6.07) is -1.42. The minimum absolute atomic E-state index is 0.00675. The minimum Gasteiger partial charge on any atom is -0.464 e. The fourth-order valence-electron chi connectivity index (χ4n) is 0.923. The lowest BCUT2D eigenvalue weighted by Crippen LogP contribution is -2.47. The maximum Gasteiger partial charge on any atom is 0.332 e. The Morgan fingerprint density at radius 3 is 2.41 bits per heavy atom. The number of rotatable bonds is 7. The first-order valence-corrected chi connectivity index (χ1v) is 7.06. The molecule has 0 fully saturated rings. The van der Waals surface area contributed by atoms with Crippen molar-refractivity contribution in [3.8, 4) is 0 Å². The Morgan fingerprint density at radius 1 is 1.35 bits per heavy atom. The lowest BCUT2D eigenvalue weighted by Gasteiger charge is -2.10. The van der Waals surface area contributed by atoms with Crippen molar-refractivity contribution < 1.29 is 22.7 Å². The van der Waals surface area contributed by atoms with Crippen molar-refractivity contribution in [2.24, 2.45) is 5.73 Å². The van der Waals surface area contributed by atoms with Gasteiger partial charge in [-0.05, 0) is 6.92 Å². The van der Waals surface area contributed by atoms with Crippen molar-refractivity contribution in [3.63, 3.8) is 0 Å². The van der Waals surface area contributed by atoms with Gasteiger partial charge in [0.25, 0.3) is 0 Å². The quantitative estimate of drug-likeness (QED) is 0.425. The average molecular weight is 266 g/mol. The SMILES string of the molecule is CCOC(=O)C(N)C(=O)NCCS(=O)(=O)CC. The van der Waals surface area contributed by atoms with Gasteiger partial charge in [-0.1, -0.05) is 6.92 Å². The number of carbonyl (C=O) groups is 2. The van der Waals surface area contributed by atoms with Crippen LogP contribution in [-0.4, -0.2) is 51.0 Å². The third-order valence-electron chi connectivity index (χ3n) is 1.98. The van der Waals surface area contributed by atoms with Crippen LogP contribution in [0.3, 0.4) is 0 Å². The maximum absolute atomic E-state index is 11.3. The third-order valence-corrected chi connectivity index (χ3v) is 3.68. The van der Waals surface area contributed by atoms with E-state index in [9.17, 15) is 18.0 Å². The number of amides is 1. The Balaban J connectivity index is 4.07. The second-order valence-electron chi connectivity index (χ2n) is 3.26. The molecule has 17 heavy (non-hydrogen) atoms. The molecule has 7 nitrogen and oxygen atoms in total. The first-order valence-electron chi connectivity index (χ1n) is 5.24. The number of carbonyl (C=O) groups excluding carboxylic acids is 2. The molecule has 0 saturated heterocycles. The van der Waals surface area contributed by atoms with Crippen LogP contribution in [0.15, 0.2) is 0 Å². The van der Waals surface area contributed by atoms with Crippen LogP contribution in [0.2, 0.25) is 0 Å². The predicted molar refractivity (Wildman–Crippen MR) is 61.9 cm³/mol. The van der Waals surface area contributed by atoms with E-state index in [1.165, 1.54) is 6.92 Å². The molecular weight excluding hydrogens is 248 g/mol. The molecule has 0 aliphatic heterocycles. The number of esters is 1. The van der Waals surface area contributed by atoms with E-state index >= 15 is 0 Å². The summed E-state index contributed by atoms with van der Waals surface area (Å²) in [4.78, 5) is 22.4. The van der Waals surface area contributed by atoms with Gasteiger partial charge in [0.2, 0.25) is 5.91 Å². The van der Waals surface area contributed by atoms with Crippen LogP contribution < -0.4 is 11.1 Å². The third kappa shape index (κ3) is 6.22. The minimum atomic E-state index is -3.14. The van der Waals surface area contributed by atoms with Gasteiger partial charge >= 0.3 is 5.97 Å². The summed E-state index contributed by atoms with van der Waals surface area (Å²) in [7, 11) is -3.14. The van der Waals surface area contributed by atoms with E-state index < -0.39 is 27.8 Å². The van der Waals surface area contributed by atoms with Crippen LogP contribution in [-0.2, 0) is 24.2 Å². The van der Waals surface area contributed by atoms with Crippen LogP contribution in [0.1, 0.15) is 13.8 Å². The number of nitrogens with one attached hydrogen (secondary N) is 1. The topological polar surface area (TPSA) is 116 Å². The summed E-state index contributed by atoms with van der Waals surface area (Å²) in [6.45, 7) is 3.17. The first-order chi connectivity index (χ1) is 7.84. The molecule has 1 unspecified atom stereocenters. The summed E-state index contributed by atoms with van der Waals surface area (Å²) in [6.07, 6.45) is 0. The standard InChI is InChI=1S/C9H18N2O5S/c1-3-16-9(13)7(10)8(12)11-5-6-17(14,15)4-2/h7H,3-6,10H2,1-2H3,(H,11,12). The van der Waals surface area contributed by atoms with E-state index in [1.807, 2.05) is 0 Å². The fourth-order valence-corrected chi connectivity index (χ4v) is 1.62. The van der Waals surface area contributed by atoms with Crippen molar-refractivity contribution in [1.82, 2.24) is 5.32 Å². The number of ether oxygens (including phenoxy) is 1. The number of nitrogens with two attached hydrogens (primary N) is 1. The molecular formula is C9H18N2O5S. The van der Waals surface area contributed by atoms with Gasteiger partial charge in [0, 0.05) is 12.3 Å². The zero-order valence-corrected chi connectivity index (χ0v) is 10.7. The van der Waals surface area contributed by atoms with E-state index in [0.29, 0.717) is 0 Å². The van der Waals surface area contributed by atoms with Crippen LogP contribution in [0.25, 0.3) is 0 Å². The molecule has 0 spiro atoms. The Hall–Kier alpha value is -1.15.